The van der Waals surface area contributed by atoms with Crippen molar-refractivity contribution >= 4 is 0 Å². The third kappa shape index (κ3) is 3.31. The first-order chi connectivity index (χ1) is 8.79. The van der Waals surface area contributed by atoms with E-state index in [1.165, 1.54) is 0 Å². The van der Waals surface area contributed by atoms with E-state index in [9.17, 15) is 0 Å². The summed E-state index contributed by atoms with van der Waals surface area (Å²) in [7, 11) is 2.00. The lowest BCUT2D eigenvalue weighted by atomic mass is 10.3. The Bertz CT molecular complexity index is 439. The number of hydrogen-bond donors (Lipinski definition) is 0. The van der Waals surface area contributed by atoms with Crippen LogP contribution in [-0.2, 0) is 0 Å². The molecule has 0 amide bonds. The van der Waals surface area contributed by atoms with Crippen LogP contribution in [-0.4, -0.2) is 38.4 Å². The minimum Gasteiger partial charge on any atom is -0.493 e. The first-order valence-corrected chi connectivity index (χ1v) is 5.94. The van der Waals surface area contributed by atoms with Gasteiger partial charge in [-0.25, -0.2) is 0 Å². The van der Waals surface area contributed by atoms with Crippen molar-refractivity contribution in [1.29, 1.82) is 0 Å². The summed E-state index contributed by atoms with van der Waals surface area (Å²) in [5, 5.41) is 0. The van der Waals surface area contributed by atoms with E-state index in [2.05, 4.69) is 10.8 Å². The van der Waals surface area contributed by atoms with Crippen LogP contribution in [0.1, 0.15) is 6.42 Å². The van der Waals surface area contributed by atoms with Gasteiger partial charge in [-0.15, -0.1) is 6.42 Å². The Kier molecular flexibility index (Phi) is 4.32. The van der Waals surface area contributed by atoms with Crippen LogP contribution in [0.3, 0.4) is 0 Å². The number of ether oxygens (including phenoxy) is 3. The van der Waals surface area contributed by atoms with E-state index in [0.29, 0.717) is 13.2 Å². The largest absolute Gasteiger partial charge is 0.493 e. The molecular formula is C14H17NO3. The van der Waals surface area contributed by atoms with Crippen LogP contribution in [0.15, 0.2) is 18.2 Å². The highest BCUT2D eigenvalue weighted by Crippen LogP contribution is 2.35. The van der Waals surface area contributed by atoms with Gasteiger partial charge in [0.05, 0.1) is 13.2 Å². The maximum Gasteiger partial charge on any atom is 0.231 e. The number of hydrogen-bond acceptors (Lipinski definition) is 4. The molecule has 1 aromatic rings. The number of rotatable bonds is 6. The molecule has 0 bridgehead atoms. The van der Waals surface area contributed by atoms with Crippen LogP contribution in [0.25, 0.3) is 0 Å². The van der Waals surface area contributed by atoms with Gasteiger partial charge in [0, 0.05) is 12.6 Å². The third-order valence-electron chi connectivity index (χ3n) is 2.66. The van der Waals surface area contributed by atoms with Gasteiger partial charge in [-0.1, -0.05) is 5.92 Å². The van der Waals surface area contributed by atoms with Gasteiger partial charge in [-0.05, 0) is 25.6 Å². The fraction of sp³-hybridized carbons (Fsp3) is 0.429. The maximum atomic E-state index is 5.65. The van der Waals surface area contributed by atoms with Crippen molar-refractivity contribution < 1.29 is 14.2 Å². The first kappa shape index (κ1) is 12.6. The molecule has 4 heteroatoms. The average Bonchev–Trinajstić information content (AvgIpc) is 2.82. The van der Waals surface area contributed by atoms with Crippen LogP contribution >= 0.6 is 0 Å². The van der Waals surface area contributed by atoms with Crippen LogP contribution in [0.2, 0.25) is 0 Å². The van der Waals surface area contributed by atoms with Gasteiger partial charge in [0.1, 0.15) is 5.75 Å². The Morgan fingerprint density at radius 1 is 1.39 bits per heavy atom. The minimum atomic E-state index is 0.287. The Morgan fingerprint density at radius 2 is 2.22 bits per heavy atom. The van der Waals surface area contributed by atoms with E-state index in [1.807, 2.05) is 25.2 Å². The summed E-state index contributed by atoms with van der Waals surface area (Å²) in [4.78, 5) is 2.09. The Hall–Kier alpha value is -1.86. The zero-order chi connectivity index (χ0) is 12.8. The lowest BCUT2D eigenvalue weighted by Gasteiger charge is -2.13. The van der Waals surface area contributed by atoms with Crippen molar-refractivity contribution in [3.8, 4) is 29.6 Å². The molecule has 18 heavy (non-hydrogen) atoms. The lowest BCUT2D eigenvalue weighted by Crippen LogP contribution is -2.21. The molecule has 0 aromatic heterocycles. The minimum absolute atomic E-state index is 0.287. The normalized spacial score (nSPS) is 12.5. The monoisotopic (exact) mass is 247 g/mol. The number of nitrogens with zero attached hydrogens (tertiary/aromatic N) is 1. The molecule has 2 rings (SSSR count). The summed E-state index contributed by atoms with van der Waals surface area (Å²) in [6, 6.07) is 5.61. The van der Waals surface area contributed by atoms with Gasteiger partial charge < -0.3 is 14.2 Å². The predicted octanol–water partition coefficient (Wildman–Crippen LogP) is 1.75. The molecule has 0 unspecified atom stereocenters. The predicted molar refractivity (Wildman–Crippen MR) is 69.0 cm³/mol. The summed E-state index contributed by atoms with van der Waals surface area (Å²) >= 11 is 0. The Morgan fingerprint density at radius 3 is 3.06 bits per heavy atom. The molecule has 96 valence electrons. The fourth-order valence-electron chi connectivity index (χ4n) is 1.73. The van der Waals surface area contributed by atoms with Crippen LogP contribution in [0.4, 0.5) is 0 Å². The van der Waals surface area contributed by atoms with Gasteiger partial charge in [-0.3, -0.25) is 4.90 Å². The van der Waals surface area contributed by atoms with Crippen molar-refractivity contribution in [3.63, 3.8) is 0 Å². The topological polar surface area (TPSA) is 30.9 Å². The fourth-order valence-corrected chi connectivity index (χ4v) is 1.73. The van der Waals surface area contributed by atoms with E-state index in [1.54, 1.807) is 0 Å². The molecule has 1 heterocycles. The van der Waals surface area contributed by atoms with Gasteiger partial charge in [-0.2, -0.15) is 0 Å². The number of benzene rings is 1. The van der Waals surface area contributed by atoms with E-state index >= 15 is 0 Å². The molecular weight excluding hydrogens is 230 g/mol. The molecule has 0 atom stereocenters. The highest BCUT2D eigenvalue weighted by molar-refractivity contribution is 5.46. The number of fused-ring (bicyclic) bond motifs is 1. The van der Waals surface area contributed by atoms with Crippen molar-refractivity contribution in [2.45, 2.75) is 6.42 Å². The second-order valence-electron chi connectivity index (χ2n) is 4.16. The van der Waals surface area contributed by atoms with Gasteiger partial charge in [0.15, 0.2) is 11.5 Å². The summed E-state index contributed by atoms with van der Waals surface area (Å²) in [5.74, 6) is 4.93. The van der Waals surface area contributed by atoms with Crippen molar-refractivity contribution in [3.05, 3.63) is 18.2 Å². The summed E-state index contributed by atoms with van der Waals surface area (Å²) in [6.45, 7) is 2.54. The zero-order valence-electron chi connectivity index (χ0n) is 10.5. The molecule has 1 aliphatic heterocycles. The van der Waals surface area contributed by atoms with Crippen molar-refractivity contribution in [1.82, 2.24) is 4.90 Å². The highest BCUT2D eigenvalue weighted by Gasteiger charge is 2.13. The van der Waals surface area contributed by atoms with E-state index in [4.69, 9.17) is 20.6 Å². The number of terminal acetylenes is 1. The zero-order valence-corrected chi connectivity index (χ0v) is 10.5. The molecule has 0 spiro atoms. The van der Waals surface area contributed by atoms with Crippen molar-refractivity contribution in [2.24, 2.45) is 0 Å². The summed E-state index contributed by atoms with van der Waals surface area (Å²) < 4.78 is 16.2. The lowest BCUT2D eigenvalue weighted by molar-refractivity contribution is 0.173. The molecule has 0 saturated carbocycles. The van der Waals surface area contributed by atoms with E-state index in [0.717, 1.165) is 30.2 Å². The quantitative estimate of drug-likeness (QED) is 0.566. The standard InChI is InChI=1S/C14H17NO3/c1-3-7-15(2)8-4-9-16-12-5-6-13-14(10-12)18-11-17-13/h1,5-6,10H,4,7-9,11H2,2H3. The van der Waals surface area contributed by atoms with Gasteiger partial charge in [0.2, 0.25) is 6.79 Å². The summed E-state index contributed by atoms with van der Waals surface area (Å²) in [6.07, 6.45) is 6.17. The molecule has 0 aliphatic carbocycles. The molecule has 0 fully saturated rings. The second-order valence-corrected chi connectivity index (χ2v) is 4.16. The Balaban J connectivity index is 1.72. The Labute approximate surface area is 107 Å². The van der Waals surface area contributed by atoms with E-state index in [-0.39, 0.29) is 6.79 Å². The van der Waals surface area contributed by atoms with Crippen molar-refractivity contribution in [2.75, 3.05) is 33.5 Å². The third-order valence-corrected chi connectivity index (χ3v) is 2.66. The highest BCUT2D eigenvalue weighted by atomic mass is 16.7. The molecule has 1 aliphatic rings. The van der Waals surface area contributed by atoms with Gasteiger partial charge >= 0.3 is 0 Å². The molecule has 0 saturated heterocycles. The smallest absolute Gasteiger partial charge is 0.231 e. The SMILES string of the molecule is C#CCN(C)CCCOc1ccc2c(c1)OCO2. The van der Waals surface area contributed by atoms with Crippen LogP contribution in [0, 0.1) is 12.3 Å². The van der Waals surface area contributed by atoms with Crippen LogP contribution in [0.5, 0.6) is 17.2 Å². The van der Waals surface area contributed by atoms with E-state index < -0.39 is 0 Å². The molecule has 4 nitrogen and oxygen atoms in total. The average molecular weight is 247 g/mol. The molecule has 0 N–H and O–H groups in total. The van der Waals surface area contributed by atoms with Gasteiger partial charge in [0.25, 0.3) is 0 Å². The second kappa shape index (κ2) is 6.18. The first-order valence-electron chi connectivity index (χ1n) is 5.94. The molecule has 1 aromatic carbocycles. The molecule has 0 radical (unpaired) electrons. The summed E-state index contributed by atoms with van der Waals surface area (Å²) in [5.41, 5.74) is 0. The van der Waals surface area contributed by atoms with Crippen LogP contribution < -0.4 is 14.2 Å². The maximum absolute atomic E-state index is 5.65.